The average molecular weight is 294 g/mol. The van der Waals surface area contributed by atoms with Crippen LogP contribution in [0.2, 0.25) is 0 Å². The van der Waals surface area contributed by atoms with Gasteiger partial charge in [-0.25, -0.2) is 0 Å². The zero-order chi connectivity index (χ0) is 9.68. The van der Waals surface area contributed by atoms with Crippen LogP contribution in [0.3, 0.4) is 0 Å². The quantitative estimate of drug-likeness (QED) is 0.549. The van der Waals surface area contributed by atoms with E-state index in [2.05, 4.69) is 36.4 Å². The summed E-state index contributed by atoms with van der Waals surface area (Å²) in [6.07, 6.45) is 7.01. The fraction of sp³-hybridized carbons (Fsp3) is 0.818. The summed E-state index contributed by atoms with van der Waals surface area (Å²) in [4.78, 5) is 0. The van der Waals surface area contributed by atoms with Crippen molar-refractivity contribution in [2.45, 2.75) is 52.1 Å². The first-order valence-electron chi connectivity index (χ1n) is 5.22. The van der Waals surface area contributed by atoms with E-state index in [1.807, 2.05) is 0 Å². The second kappa shape index (κ2) is 6.02. The van der Waals surface area contributed by atoms with Gasteiger partial charge in [0.1, 0.15) is 0 Å². The van der Waals surface area contributed by atoms with Gasteiger partial charge in [0.2, 0.25) is 0 Å². The molecular weight excluding hydrogens is 275 g/mol. The van der Waals surface area contributed by atoms with E-state index in [-0.39, 0.29) is 0 Å². The summed E-state index contributed by atoms with van der Waals surface area (Å²) >= 11 is 2.44. The average Bonchev–Trinajstić information content (AvgIpc) is 2.43. The molecule has 1 nitrogen and oxygen atoms in total. The predicted molar refractivity (Wildman–Crippen MR) is 65.2 cm³/mol. The van der Waals surface area contributed by atoms with E-state index in [1.165, 1.54) is 41.3 Å². The smallest absolute Gasteiger partial charge is 0.0886 e. The summed E-state index contributed by atoms with van der Waals surface area (Å²) in [6, 6.07) is 0. The molecule has 1 heterocycles. The maximum Gasteiger partial charge on any atom is 0.0886 e. The van der Waals surface area contributed by atoms with E-state index in [9.17, 15) is 0 Å². The fourth-order valence-electron chi connectivity index (χ4n) is 1.61. The van der Waals surface area contributed by atoms with Crippen molar-refractivity contribution in [2.24, 2.45) is 0 Å². The maximum absolute atomic E-state index is 5.68. The first-order valence-corrected chi connectivity index (χ1v) is 6.30. The van der Waals surface area contributed by atoms with Crippen molar-refractivity contribution < 1.29 is 4.74 Å². The molecule has 0 aromatic heterocycles. The zero-order valence-electron chi connectivity index (χ0n) is 8.61. The number of ether oxygens (including phenoxy) is 1. The Morgan fingerprint density at radius 1 is 1.38 bits per heavy atom. The molecule has 1 aliphatic heterocycles. The van der Waals surface area contributed by atoms with Crippen molar-refractivity contribution in [2.75, 3.05) is 6.61 Å². The number of unbranched alkanes of at least 4 members (excludes halogenated alkanes) is 3. The molecule has 13 heavy (non-hydrogen) atoms. The van der Waals surface area contributed by atoms with E-state index in [0.717, 1.165) is 6.61 Å². The molecule has 1 unspecified atom stereocenters. The normalized spacial score (nSPS) is 22.8. The van der Waals surface area contributed by atoms with Crippen molar-refractivity contribution in [3.63, 3.8) is 0 Å². The molecular formula is C11H19IO. The van der Waals surface area contributed by atoms with Crippen molar-refractivity contribution in [3.05, 3.63) is 9.15 Å². The van der Waals surface area contributed by atoms with E-state index in [4.69, 9.17) is 4.74 Å². The van der Waals surface area contributed by atoms with Gasteiger partial charge in [0, 0.05) is 3.58 Å². The summed E-state index contributed by atoms with van der Waals surface area (Å²) in [5, 5.41) is 0. The first-order chi connectivity index (χ1) is 6.25. The summed E-state index contributed by atoms with van der Waals surface area (Å²) in [6.45, 7) is 5.28. The lowest BCUT2D eigenvalue weighted by molar-refractivity contribution is 0.115. The number of halogens is 1. The SMILES string of the molecule is CCCCCCC1OCC(C)=C1I. The Labute approximate surface area is 95.1 Å². The Morgan fingerprint density at radius 2 is 2.15 bits per heavy atom. The Kier molecular flexibility index (Phi) is 5.32. The van der Waals surface area contributed by atoms with Crippen molar-refractivity contribution in [1.82, 2.24) is 0 Å². The second-order valence-electron chi connectivity index (χ2n) is 3.78. The molecule has 0 aromatic carbocycles. The highest BCUT2D eigenvalue weighted by Gasteiger charge is 2.20. The van der Waals surface area contributed by atoms with Gasteiger partial charge in [-0.05, 0) is 41.5 Å². The van der Waals surface area contributed by atoms with Crippen molar-refractivity contribution in [3.8, 4) is 0 Å². The zero-order valence-corrected chi connectivity index (χ0v) is 10.8. The lowest BCUT2D eigenvalue weighted by atomic mass is 10.1. The number of hydrogen-bond acceptors (Lipinski definition) is 1. The van der Waals surface area contributed by atoms with Gasteiger partial charge in [-0.2, -0.15) is 0 Å². The minimum Gasteiger partial charge on any atom is -0.369 e. The van der Waals surface area contributed by atoms with Crippen LogP contribution < -0.4 is 0 Å². The first kappa shape index (κ1) is 11.5. The molecule has 0 fully saturated rings. The van der Waals surface area contributed by atoms with Gasteiger partial charge in [-0.1, -0.05) is 32.6 Å². The summed E-state index contributed by atoms with van der Waals surface area (Å²) < 4.78 is 7.13. The monoisotopic (exact) mass is 294 g/mol. The molecule has 76 valence electrons. The molecule has 2 heteroatoms. The minimum atomic E-state index is 0.428. The van der Waals surface area contributed by atoms with Gasteiger partial charge in [-0.3, -0.25) is 0 Å². The van der Waals surface area contributed by atoms with E-state index >= 15 is 0 Å². The van der Waals surface area contributed by atoms with Crippen LogP contribution in [-0.2, 0) is 4.74 Å². The third-order valence-electron chi connectivity index (χ3n) is 2.51. The fourth-order valence-corrected chi connectivity index (χ4v) is 2.26. The summed E-state index contributed by atoms with van der Waals surface area (Å²) in [7, 11) is 0. The molecule has 0 N–H and O–H groups in total. The van der Waals surface area contributed by atoms with Crippen LogP contribution in [-0.4, -0.2) is 12.7 Å². The summed E-state index contributed by atoms with van der Waals surface area (Å²) in [5.74, 6) is 0. The van der Waals surface area contributed by atoms with Crippen LogP contribution in [0.5, 0.6) is 0 Å². The van der Waals surface area contributed by atoms with Gasteiger partial charge < -0.3 is 4.74 Å². The molecule has 0 radical (unpaired) electrons. The topological polar surface area (TPSA) is 9.23 Å². The van der Waals surface area contributed by atoms with Crippen LogP contribution in [0.15, 0.2) is 9.15 Å². The second-order valence-corrected chi connectivity index (χ2v) is 4.94. The Balaban J connectivity index is 2.16. The van der Waals surface area contributed by atoms with Gasteiger partial charge in [0.05, 0.1) is 12.7 Å². The van der Waals surface area contributed by atoms with Crippen LogP contribution in [0.4, 0.5) is 0 Å². The lowest BCUT2D eigenvalue weighted by Gasteiger charge is -2.09. The Morgan fingerprint density at radius 3 is 2.69 bits per heavy atom. The van der Waals surface area contributed by atoms with Crippen LogP contribution in [0.1, 0.15) is 46.0 Å². The van der Waals surface area contributed by atoms with Crippen molar-refractivity contribution in [1.29, 1.82) is 0 Å². The largest absolute Gasteiger partial charge is 0.369 e. The number of rotatable bonds is 5. The molecule has 0 amide bonds. The highest BCUT2D eigenvalue weighted by molar-refractivity contribution is 14.1. The Bertz CT molecular complexity index is 187. The molecule has 1 atom stereocenters. The third-order valence-corrected chi connectivity index (χ3v) is 4.13. The molecule has 0 saturated carbocycles. The minimum absolute atomic E-state index is 0.428. The van der Waals surface area contributed by atoms with Gasteiger partial charge in [0.25, 0.3) is 0 Å². The molecule has 0 aliphatic carbocycles. The number of hydrogen-bond donors (Lipinski definition) is 0. The van der Waals surface area contributed by atoms with Crippen LogP contribution in [0, 0.1) is 0 Å². The van der Waals surface area contributed by atoms with E-state index in [1.54, 1.807) is 0 Å². The molecule has 1 aliphatic rings. The lowest BCUT2D eigenvalue weighted by Crippen LogP contribution is -2.06. The predicted octanol–water partition coefficient (Wildman–Crippen LogP) is 4.06. The molecule has 1 rings (SSSR count). The van der Waals surface area contributed by atoms with E-state index < -0.39 is 0 Å². The van der Waals surface area contributed by atoms with Crippen LogP contribution in [0.25, 0.3) is 0 Å². The highest BCUT2D eigenvalue weighted by Crippen LogP contribution is 2.29. The Hall–Kier alpha value is 0.430. The van der Waals surface area contributed by atoms with Gasteiger partial charge in [-0.15, -0.1) is 0 Å². The highest BCUT2D eigenvalue weighted by atomic mass is 127. The molecule has 0 bridgehead atoms. The third kappa shape index (κ3) is 3.58. The van der Waals surface area contributed by atoms with Gasteiger partial charge >= 0.3 is 0 Å². The van der Waals surface area contributed by atoms with Crippen molar-refractivity contribution >= 4 is 22.6 Å². The summed E-state index contributed by atoms with van der Waals surface area (Å²) in [5.41, 5.74) is 1.43. The standard InChI is InChI=1S/C11H19IO/c1-3-4-5-6-7-10-11(12)9(2)8-13-10/h10H,3-8H2,1-2H3. The molecule has 0 spiro atoms. The molecule has 0 aromatic rings. The van der Waals surface area contributed by atoms with Crippen LogP contribution >= 0.6 is 22.6 Å². The van der Waals surface area contributed by atoms with E-state index in [0.29, 0.717) is 6.10 Å². The van der Waals surface area contributed by atoms with Gasteiger partial charge in [0.15, 0.2) is 0 Å². The molecule has 0 saturated heterocycles. The maximum atomic E-state index is 5.68.